The van der Waals surface area contributed by atoms with E-state index in [1.54, 1.807) is 6.07 Å². The van der Waals surface area contributed by atoms with E-state index in [2.05, 4.69) is 18.7 Å². The number of benzene rings is 1. The quantitative estimate of drug-likeness (QED) is 0.826. The van der Waals surface area contributed by atoms with Gasteiger partial charge in [0.15, 0.2) is 0 Å². The largest absolute Gasteiger partial charge is 0.369 e. The van der Waals surface area contributed by atoms with Gasteiger partial charge in [-0.3, -0.25) is 0 Å². The maximum absolute atomic E-state index is 13.1. The molecular weight excluding hydrogens is 191 g/mol. The summed E-state index contributed by atoms with van der Waals surface area (Å²) in [5.41, 5.74) is 6.39. The van der Waals surface area contributed by atoms with E-state index < -0.39 is 0 Å². The lowest BCUT2D eigenvalue weighted by molar-refractivity contribution is 0.455. The fourth-order valence-corrected chi connectivity index (χ4v) is 1.56. The standard InChI is InChI=1S/C12H19FN2/c1-12(2,7-8-14)15(3)11-6-4-5-10(13)9-11/h4-6,9H,7-8,14H2,1-3H3. The lowest BCUT2D eigenvalue weighted by atomic mass is 9.98. The first-order valence-corrected chi connectivity index (χ1v) is 5.17. The van der Waals surface area contributed by atoms with Crippen molar-refractivity contribution < 1.29 is 4.39 Å². The number of hydrogen-bond acceptors (Lipinski definition) is 2. The maximum atomic E-state index is 13.1. The Hall–Kier alpha value is -1.09. The van der Waals surface area contributed by atoms with E-state index in [1.165, 1.54) is 12.1 Å². The zero-order valence-corrected chi connectivity index (χ0v) is 9.63. The average Bonchev–Trinajstić information content (AvgIpc) is 2.16. The number of anilines is 1. The van der Waals surface area contributed by atoms with Crippen LogP contribution in [0.15, 0.2) is 24.3 Å². The second-order valence-electron chi connectivity index (χ2n) is 4.39. The van der Waals surface area contributed by atoms with E-state index in [-0.39, 0.29) is 11.4 Å². The van der Waals surface area contributed by atoms with Crippen LogP contribution >= 0.6 is 0 Å². The number of halogens is 1. The van der Waals surface area contributed by atoms with Crippen molar-refractivity contribution >= 4 is 5.69 Å². The van der Waals surface area contributed by atoms with Gasteiger partial charge in [-0.25, -0.2) is 4.39 Å². The van der Waals surface area contributed by atoms with Gasteiger partial charge >= 0.3 is 0 Å². The Bertz CT molecular complexity index is 323. The summed E-state index contributed by atoms with van der Waals surface area (Å²) >= 11 is 0. The van der Waals surface area contributed by atoms with Gasteiger partial charge in [-0.1, -0.05) is 6.07 Å². The molecule has 0 aromatic heterocycles. The Kier molecular flexibility index (Phi) is 3.69. The smallest absolute Gasteiger partial charge is 0.125 e. The molecule has 0 heterocycles. The molecule has 0 unspecified atom stereocenters. The van der Waals surface area contributed by atoms with Crippen LogP contribution in [0, 0.1) is 5.82 Å². The van der Waals surface area contributed by atoms with Crippen molar-refractivity contribution in [1.82, 2.24) is 0 Å². The van der Waals surface area contributed by atoms with Crippen molar-refractivity contribution in [3.05, 3.63) is 30.1 Å². The Labute approximate surface area is 90.9 Å². The van der Waals surface area contributed by atoms with Gasteiger partial charge < -0.3 is 10.6 Å². The predicted octanol–water partition coefficient (Wildman–Crippen LogP) is 2.39. The van der Waals surface area contributed by atoms with Crippen LogP contribution < -0.4 is 10.6 Å². The number of nitrogens with two attached hydrogens (primary N) is 1. The second-order valence-corrected chi connectivity index (χ2v) is 4.39. The Morgan fingerprint density at radius 2 is 2.07 bits per heavy atom. The molecule has 0 bridgehead atoms. The summed E-state index contributed by atoms with van der Waals surface area (Å²) in [6.45, 7) is 4.84. The van der Waals surface area contributed by atoms with Crippen LogP contribution in [0.5, 0.6) is 0 Å². The van der Waals surface area contributed by atoms with Crippen molar-refractivity contribution in [3.63, 3.8) is 0 Å². The summed E-state index contributed by atoms with van der Waals surface area (Å²) in [7, 11) is 1.96. The minimum absolute atomic E-state index is 0.0530. The van der Waals surface area contributed by atoms with Gasteiger partial charge in [0.05, 0.1) is 0 Å². The van der Waals surface area contributed by atoms with Crippen LogP contribution in [0.25, 0.3) is 0 Å². The van der Waals surface area contributed by atoms with E-state index >= 15 is 0 Å². The molecule has 0 aliphatic rings. The molecule has 2 N–H and O–H groups in total. The molecule has 0 fully saturated rings. The summed E-state index contributed by atoms with van der Waals surface area (Å²) in [5.74, 6) is -0.206. The highest BCUT2D eigenvalue weighted by molar-refractivity contribution is 5.47. The highest BCUT2D eigenvalue weighted by atomic mass is 19.1. The zero-order valence-electron chi connectivity index (χ0n) is 9.63. The third-order valence-electron chi connectivity index (χ3n) is 2.86. The lowest BCUT2D eigenvalue weighted by Gasteiger charge is -2.37. The summed E-state index contributed by atoms with van der Waals surface area (Å²) < 4.78 is 13.1. The monoisotopic (exact) mass is 210 g/mol. The normalized spacial score (nSPS) is 11.5. The van der Waals surface area contributed by atoms with Gasteiger partial charge in [0.1, 0.15) is 5.82 Å². The molecule has 0 amide bonds. The molecule has 1 aromatic carbocycles. The molecule has 15 heavy (non-hydrogen) atoms. The molecule has 0 atom stereocenters. The van der Waals surface area contributed by atoms with Crippen molar-refractivity contribution in [2.45, 2.75) is 25.8 Å². The van der Waals surface area contributed by atoms with Gasteiger partial charge in [-0.2, -0.15) is 0 Å². The molecule has 0 aliphatic carbocycles. The molecule has 2 nitrogen and oxygen atoms in total. The van der Waals surface area contributed by atoms with Gasteiger partial charge in [-0.05, 0) is 45.0 Å². The Morgan fingerprint density at radius 3 is 2.60 bits per heavy atom. The number of hydrogen-bond donors (Lipinski definition) is 1. The molecular formula is C12H19FN2. The van der Waals surface area contributed by atoms with Crippen LogP contribution in [-0.2, 0) is 0 Å². The summed E-state index contributed by atoms with van der Waals surface area (Å²) in [5, 5.41) is 0. The number of rotatable bonds is 4. The first kappa shape index (κ1) is 12.0. The molecule has 3 heteroatoms. The Morgan fingerprint density at radius 1 is 1.40 bits per heavy atom. The van der Waals surface area contributed by atoms with E-state index in [1.807, 2.05) is 13.1 Å². The first-order valence-electron chi connectivity index (χ1n) is 5.17. The Balaban J connectivity index is 2.88. The van der Waals surface area contributed by atoms with Gasteiger partial charge in [-0.15, -0.1) is 0 Å². The SMILES string of the molecule is CN(c1cccc(F)c1)C(C)(C)CCN. The number of nitrogens with zero attached hydrogens (tertiary/aromatic N) is 1. The molecule has 0 saturated carbocycles. The topological polar surface area (TPSA) is 29.3 Å². The predicted molar refractivity (Wildman–Crippen MR) is 62.6 cm³/mol. The molecule has 0 radical (unpaired) electrons. The fourth-order valence-electron chi connectivity index (χ4n) is 1.56. The van der Waals surface area contributed by atoms with Crippen LogP contribution in [0.2, 0.25) is 0 Å². The highest BCUT2D eigenvalue weighted by Gasteiger charge is 2.22. The van der Waals surface area contributed by atoms with Crippen LogP contribution in [0.1, 0.15) is 20.3 Å². The van der Waals surface area contributed by atoms with Gasteiger partial charge in [0, 0.05) is 18.3 Å². The zero-order chi connectivity index (χ0) is 11.5. The summed E-state index contributed by atoms with van der Waals surface area (Å²) in [6.07, 6.45) is 0.875. The van der Waals surface area contributed by atoms with Crippen molar-refractivity contribution in [2.75, 3.05) is 18.5 Å². The van der Waals surface area contributed by atoms with Gasteiger partial charge in [0.2, 0.25) is 0 Å². The van der Waals surface area contributed by atoms with Crippen molar-refractivity contribution in [3.8, 4) is 0 Å². The third-order valence-corrected chi connectivity index (χ3v) is 2.86. The minimum atomic E-state index is -0.206. The van der Waals surface area contributed by atoms with E-state index in [9.17, 15) is 4.39 Å². The molecule has 0 saturated heterocycles. The first-order chi connectivity index (χ1) is 6.97. The summed E-state index contributed by atoms with van der Waals surface area (Å²) in [6, 6.07) is 6.62. The molecule has 1 aromatic rings. The van der Waals surface area contributed by atoms with Crippen LogP contribution in [0.3, 0.4) is 0 Å². The van der Waals surface area contributed by atoms with E-state index in [0.29, 0.717) is 6.54 Å². The van der Waals surface area contributed by atoms with Crippen molar-refractivity contribution in [2.24, 2.45) is 5.73 Å². The molecule has 84 valence electrons. The average molecular weight is 210 g/mol. The fraction of sp³-hybridized carbons (Fsp3) is 0.500. The van der Waals surface area contributed by atoms with E-state index in [4.69, 9.17) is 5.73 Å². The molecule has 0 aliphatic heterocycles. The molecule has 0 spiro atoms. The van der Waals surface area contributed by atoms with Crippen LogP contribution in [0.4, 0.5) is 10.1 Å². The molecule has 1 rings (SSSR count). The van der Waals surface area contributed by atoms with Crippen molar-refractivity contribution in [1.29, 1.82) is 0 Å². The lowest BCUT2D eigenvalue weighted by Crippen LogP contribution is -2.42. The van der Waals surface area contributed by atoms with Gasteiger partial charge in [0.25, 0.3) is 0 Å². The highest BCUT2D eigenvalue weighted by Crippen LogP contribution is 2.24. The minimum Gasteiger partial charge on any atom is -0.369 e. The summed E-state index contributed by atoms with van der Waals surface area (Å²) in [4.78, 5) is 2.06. The second kappa shape index (κ2) is 4.62. The third kappa shape index (κ3) is 2.93. The van der Waals surface area contributed by atoms with E-state index in [0.717, 1.165) is 12.1 Å². The van der Waals surface area contributed by atoms with Crippen LogP contribution in [-0.4, -0.2) is 19.1 Å². The maximum Gasteiger partial charge on any atom is 0.125 e.